The Morgan fingerprint density at radius 2 is 0.922 bits per heavy atom. The van der Waals surface area contributed by atoms with Crippen LogP contribution in [0, 0.1) is 0 Å². The molecule has 0 N–H and O–H groups in total. The number of fused-ring (bicyclic) bond motifs is 5. The molecule has 2 aliphatic heterocycles. The normalized spacial score (nSPS) is 18.0. The fourth-order valence-electron chi connectivity index (χ4n) is 7.58. The minimum absolute atomic E-state index is 0.296. The second kappa shape index (κ2) is 14.1. The summed E-state index contributed by atoms with van der Waals surface area (Å²) in [5.74, 6) is 1.75. The summed E-state index contributed by atoms with van der Waals surface area (Å²) >= 11 is 0. The van der Waals surface area contributed by atoms with E-state index in [0.717, 1.165) is 48.3 Å². The van der Waals surface area contributed by atoms with E-state index < -0.39 is 5.41 Å². The summed E-state index contributed by atoms with van der Waals surface area (Å²) in [5, 5.41) is 4.68. The third-order valence-corrected chi connectivity index (χ3v) is 10.3. The smallest absolute Gasteiger partial charge is 0.119 e. The van der Waals surface area contributed by atoms with E-state index in [1.54, 1.807) is 0 Å². The van der Waals surface area contributed by atoms with Crippen molar-refractivity contribution < 1.29 is 28.4 Å². The molecule has 6 nitrogen and oxygen atoms in total. The molecule has 2 fully saturated rings. The lowest BCUT2D eigenvalue weighted by Gasteiger charge is -2.34. The number of benzene rings is 6. The SMILES string of the molecule is c1ccc2c(c1)-c1ccccc1C2(c1ccc2cc(OCCCOCC3CO3)ccc2c1)c1ccc2cc(OCCCOCC3CO3)ccc2c1. The molecule has 2 heterocycles. The van der Waals surface area contributed by atoms with Crippen molar-refractivity contribution in [2.45, 2.75) is 30.5 Å². The van der Waals surface area contributed by atoms with Crippen molar-refractivity contribution in [2.75, 3.05) is 52.9 Å². The maximum atomic E-state index is 6.12. The van der Waals surface area contributed by atoms with Crippen molar-refractivity contribution in [1.82, 2.24) is 0 Å². The maximum Gasteiger partial charge on any atom is 0.119 e. The number of ether oxygens (including phenoxy) is 6. The molecule has 51 heavy (non-hydrogen) atoms. The van der Waals surface area contributed by atoms with Crippen LogP contribution in [0.3, 0.4) is 0 Å². The van der Waals surface area contributed by atoms with Gasteiger partial charge in [0.15, 0.2) is 0 Å². The highest BCUT2D eigenvalue weighted by molar-refractivity contribution is 5.92. The Bertz CT molecular complexity index is 2010. The van der Waals surface area contributed by atoms with Crippen LogP contribution in [-0.2, 0) is 24.4 Å². The number of hydrogen-bond acceptors (Lipinski definition) is 6. The van der Waals surface area contributed by atoms with Gasteiger partial charge in [-0.05, 0) is 91.3 Å². The first-order valence-corrected chi connectivity index (χ1v) is 18.2. The Hall–Kier alpha value is -4.72. The molecule has 0 bridgehead atoms. The standard InChI is InChI=1S/C45H42O6/c1-3-9-43-41(7-1)42-8-2-4-10-44(42)45(43,35-15-11-33-25-37(17-13-31(33)23-35)48-21-5-19-46-27-39-29-50-39)36-16-12-34-26-38(18-14-32(34)24-36)49-22-6-20-47-28-40-30-51-40/h1-4,7-18,23-26,39-40H,5-6,19-22,27-30H2. The van der Waals surface area contributed by atoms with Gasteiger partial charge in [0.1, 0.15) is 23.7 Å². The van der Waals surface area contributed by atoms with Crippen LogP contribution in [0.2, 0.25) is 0 Å². The van der Waals surface area contributed by atoms with E-state index >= 15 is 0 Å². The van der Waals surface area contributed by atoms with Crippen LogP contribution in [0.5, 0.6) is 11.5 Å². The van der Waals surface area contributed by atoms with Crippen molar-refractivity contribution >= 4 is 21.5 Å². The molecule has 3 aliphatic rings. The quantitative estimate of drug-likeness (QED) is 0.0753. The van der Waals surface area contributed by atoms with E-state index in [-0.39, 0.29) is 0 Å². The maximum absolute atomic E-state index is 6.12. The van der Waals surface area contributed by atoms with Crippen LogP contribution < -0.4 is 9.47 Å². The van der Waals surface area contributed by atoms with Gasteiger partial charge in [0.05, 0.1) is 45.1 Å². The Kier molecular flexibility index (Phi) is 8.92. The molecule has 0 radical (unpaired) electrons. The van der Waals surface area contributed by atoms with Gasteiger partial charge >= 0.3 is 0 Å². The highest BCUT2D eigenvalue weighted by Crippen LogP contribution is 2.56. The van der Waals surface area contributed by atoms with Crippen molar-refractivity contribution in [3.05, 3.63) is 144 Å². The predicted octanol–water partition coefficient (Wildman–Crippen LogP) is 8.72. The van der Waals surface area contributed by atoms with Crippen molar-refractivity contribution in [2.24, 2.45) is 0 Å². The first kappa shape index (κ1) is 32.2. The summed E-state index contributed by atoms with van der Waals surface area (Å²) in [6.45, 7) is 5.60. The van der Waals surface area contributed by atoms with Gasteiger partial charge in [-0.25, -0.2) is 0 Å². The molecule has 2 saturated heterocycles. The van der Waals surface area contributed by atoms with Gasteiger partial charge < -0.3 is 28.4 Å². The van der Waals surface area contributed by atoms with E-state index in [4.69, 9.17) is 28.4 Å². The molecule has 2 atom stereocenters. The summed E-state index contributed by atoms with van der Waals surface area (Å²) in [7, 11) is 0. The topological polar surface area (TPSA) is 62.0 Å². The zero-order valence-corrected chi connectivity index (χ0v) is 28.7. The monoisotopic (exact) mass is 678 g/mol. The first-order chi connectivity index (χ1) is 25.3. The van der Waals surface area contributed by atoms with Gasteiger partial charge in [-0.3, -0.25) is 0 Å². The van der Waals surface area contributed by atoms with Gasteiger partial charge in [-0.1, -0.05) is 84.9 Å². The summed E-state index contributed by atoms with van der Waals surface area (Å²) in [4.78, 5) is 0. The highest BCUT2D eigenvalue weighted by atomic mass is 16.6. The van der Waals surface area contributed by atoms with E-state index in [1.807, 2.05) is 0 Å². The zero-order chi connectivity index (χ0) is 34.0. The minimum atomic E-state index is -0.489. The summed E-state index contributed by atoms with van der Waals surface area (Å²) in [6.07, 6.45) is 2.28. The van der Waals surface area contributed by atoms with Crippen LogP contribution in [0.1, 0.15) is 35.1 Å². The van der Waals surface area contributed by atoms with Crippen LogP contribution >= 0.6 is 0 Å². The summed E-state index contributed by atoms with van der Waals surface area (Å²) < 4.78 is 34.0. The number of epoxide rings is 2. The first-order valence-electron chi connectivity index (χ1n) is 18.2. The van der Waals surface area contributed by atoms with Crippen LogP contribution in [-0.4, -0.2) is 65.1 Å². The fraction of sp³-hybridized carbons (Fsp3) is 0.289. The summed E-state index contributed by atoms with van der Waals surface area (Å²) in [5.41, 5.74) is 7.16. The van der Waals surface area contributed by atoms with Gasteiger partial charge in [0.2, 0.25) is 0 Å². The second-order valence-corrected chi connectivity index (χ2v) is 13.8. The van der Waals surface area contributed by atoms with Gasteiger partial charge in [-0.15, -0.1) is 0 Å². The molecular weight excluding hydrogens is 636 g/mol. The lowest BCUT2D eigenvalue weighted by atomic mass is 9.67. The van der Waals surface area contributed by atoms with Crippen molar-refractivity contribution in [3.63, 3.8) is 0 Å². The van der Waals surface area contributed by atoms with Crippen LogP contribution in [0.4, 0.5) is 0 Å². The van der Waals surface area contributed by atoms with Gasteiger partial charge in [-0.2, -0.15) is 0 Å². The molecule has 2 unspecified atom stereocenters. The van der Waals surface area contributed by atoms with Crippen LogP contribution in [0.15, 0.2) is 121 Å². The molecule has 6 heteroatoms. The lowest BCUT2D eigenvalue weighted by molar-refractivity contribution is 0.104. The second-order valence-electron chi connectivity index (χ2n) is 13.8. The Morgan fingerprint density at radius 1 is 0.490 bits per heavy atom. The molecule has 0 spiro atoms. The average Bonchev–Trinajstić information content (AvgIpc) is 4.13. The largest absolute Gasteiger partial charge is 0.493 e. The van der Waals surface area contributed by atoms with E-state index in [0.29, 0.717) is 51.8 Å². The Labute approximate surface area is 298 Å². The zero-order valence-electron chi connectivity index (χ0n) is 28.7. The molecule has 6 aromatic carbocycles. The highest BCUT2D eigenvalue weighted by Gasteiger charge is 2.46. The van der Waals surface area contributed by atoms with Crippen molar-refractivity contribution in [1.29, 1.82) is 0 Å². The number of rotatable bonds is 16. The molecule has 258 valence electrons. The van der Waals surface area contributed by atoms with E-state index in [1.165, 1.54) is 44.2 Å². The van der Waals surface area contributed by atoms with E-state index in [9.17, 15) is 0 Å². The van der Waals surface area contributed by atoms with Crippen LogP contribution in [0.25, 0.3) is 32.7 Å². The molecular formula is C45H42O6. The third kappa shape index (κ3) is 6.61. The molecule has 1 aliphatic carbocycles. The molecule has 9 rings (SSSR count). The predicted molar refractivity (Wildman–Crippen MR) is 200 cm³/mol. The van der Waals surface area contributed by atoms with Crippen molar-refractivity contribution in [3.8, 4) is 22.6 Å². The van der Waals surface area contributed by atoms with Gasteiger partial charge in [0, 0.05) is 26.1 Å². The molecule has 6 aromatic rings. The molecule has 0 aromatic heterocycles. The van der Waals surface area contributed by atoms with Gasteiger partial charge in [0.25, 0.3) is 0 Å². The Morgan fingerprint density at radius 3 is 1.39 bits per heavy atom. The average molecular weight is 679 g/mol. The molecule has 0 amide bonds. The Balaban J connectivity index is 1.02. The number of hydrogen-bond donors (Lipinski definition) is 0. The molecule has 0 saturated carbocycles. The van der Waals surface area contributed by atoms with E-state index in [2.05, 4.69) is 121 Å². The summed E-state index contributed by atoms with van der Waals surface area (Å²) in [6, 6.07) is 44.5. The fourth-order valence-corrected chi connectivity index (χ4v) is 7.58. The lowest BCUT2D eigenvalue weighted by Crippen LogP contribution is -2.28. The minimum Gasteiger partial charge on any atom is -0.493 e. The third-order valence-electron chi connectivity index (χ3n) is 10.3.